The average molecular weight is 293 g/mol. The van der Waals surface area contributed by atoms with Crippen LogP contribution in [0.3, 0.4) is 0 Å². The first kappa shape index (κ1) is 14.8. The van der Waals surface area contributed by atoms with Crippen LogP contribution < -0.4 is 5.32 Å². The van der Waals surface area contributed by atoms with Gasteiger partial charge in [-0.15, -0.1) is 0 Å². The highest BCUT2D eigenvalue weighted by Gasteiger charge is 2.25. The third-order valence-corrected chi connectivity index (χ3v) is 4.82. The summed E-state index contributed by atoms with van der Waals surface area (Å²) in [7, 11) is 0. The van der Waals surface area contributed by atoms with Crippen molar-refractivity contribution in [1.29, 1.82) is 0 Å². The van der Waals surface area contributed by atoms with E-state index in [0.29, 0.717) is 0 Å². The number of rotatable bonds is 2. The number of fused-ring (bicyclic) bond motifs is 1. The molecule has 2 aromatic rings. The number of benzene rings is 2. The predicted molar refractivity (Wildman–Crippen MR) is 91.2 cm³/mol. The van der Waals surface area contributed by atoms with E-state index < -0.39 is 0 Å². The van der Waals surface area contributed by atoms with Crippen molar-refractivity contribution >= 4 is 11.6 Å². The fourth-order valence-electron chi connectivity index (χ4n) is 3.23. The van der Waals surface area contributed by atoms with Crippen molar-refractivity contribution in [3.05, 3.63) is 64.2 Å². The predicted octanol–water partition coefficient (Wildman–Crippen LogP) is 4.36. The maximum atomic E-state index is 12.6. The molecule has 0 aliphatic heterocycles. The van der Waals surface area contributed by atoms with Crippen molar-refractivity contribution in [2.24, 2.45) is 5.92 Å². The first-order valence-electron chi connectivity index (χ1n) is 8.00. The van der Waals surface area contributed by atoms with Gasteiger partial charge in [0, 0.05) is 11.6 Å². The van der Waals surface area contributed by atoms with Gasteiger partial charge in [-0.25, -0.2) is 0 Å². The lowest BCUT2D eigenvalue weighted by Crippen LogP contribution is -2.28. The van der Waals surface area contributed by atoms with Crippen molar-refractivity contribution < 1.29 is 4.79 Å². The Hall–Kier alpha value is -2.09. The van der Waals surface area contributed by atoms with Gasteiger partial charge in [0.1, 0.15) is 0 Å². The van der Waals surface area contributed by atoms with Crippen LogP contribution in [0.4, 0.5) is 5.69 Å². The van der Waals surface area contributed by atoms with Crippen LogP contribution in [0.5, 0.6) is 0 Å². The highest BCUT2D eigenvalue weighted by Crippen LogP contribution is 2.29. The molecule has 114 valence electrons. The summed E-state index contributed by atoms with van der Waals surface area (Å²) in [6.07, 6.45) is 2.80. The summed E-state index contributed by atoms with van der Waals surface area (Å²) in [5.74, 6) is 0.229. The SMILES string of the molecule is Cc1cc2c(cc1C)CC(C(=O)Nc1ccccc1C)CC2. The van der Waals surface area contributed by atoms with Crippen molar-refractivity contribution in [2.75, 3.05) is 5.32 Å². The molecule has 1 aliphatic carbocycles. The molecule has 0 spiro atoms. The standard InChI is InChI=1S/C20H23NO/c1-13-6-4-5-7-19(13)21-20(22)17-9-8-16-10-14(2)15(3)11-18(16)12-17/h4-7,10-11,17H,8-9,12H2,1-3H3,(H,21,22). The van der Waals surface area contributed by atoms with E-state index in [2.05, 4.69) is 31.3 Å². The Morgan fingerprint density at radius 1 is 1.00 bits per heavy atom. The normalized spacial score (nSPS) is 17.0. The monoisotopic (exact) mass is 293 g/mol. The molecule has 1 unspecified atom stereocenters. The van der Waals surface area contributed by atoms with E-state index >= 15 is 0 Å². The Balaban J connectivity index is 1.75. The summed E-state index contributed by atoms with van der Waals surface area (Å²) in [6, 6.07) is 12.5. The Morgan fingerprint density at radius 2 is 1.68 bits per heavy atom. The molecule has 0 fully saturated rings. The molecule has 1 amide bonds. The zero-order chi connectivity index (χ0) is 15.7. The minimum Gasteiger partial charge on any atom is -0.326 e. The first-order valence-corrected chi connectivity index (χ1v) is 8.00. The van der Waals surface area contributed by atoms with E-state index in [1.54, 1.807) is 0 Å². The van der Waals surface area contributed by atoms with Gasteiger partial charge in [0.25, 0.3) is 0 Å². The van der Waals surface area contributed by atoms with E-state index in [4.69, 9.17) is 0 Å². The molecular formula is C20H23NO. The minimum absolute atomic E-state index is 0.0780. The quantitative estimate of drug-likeness (QED) is 0.876. The molecule has 0 aromatic heterocycles. The summed E-state index contributed by atoms with van der Waals surface area (Å²) in [6.45, 7) is 6.33. The van der Waals surface area contributed by atoms with E-state index in [-0.39, 0.29) is 11.8 Å². The average Bonchev–Trinajstić information content (AvgIpc) is 2.50. The summed E-state index contributed by atoms with van der Waals surface area (Å²) in [4.78, 5) is 12.6. The van der Waals surface area contributed by atoms with Gasteiger partial charge < -0.3 is 5.32 Å². The second kappa shape index (κ2) is 5.96. The molecular weight excluding hydrogens is 270 g/mol. The van der Waals surface area contributed by atoms with Crippen molar-refractivity contribution in [1.82, 2.24) is 0 Å². The second-order valence-electron chi connectivity index (χ2n) is 6.45. The number of nitrogens with one attached hydrogen (secondary N) is 1. The first-order chi connectivity index (χ1) is 10.5. The van der Waals surface area contributed by atoms with Gasteiger partial charge in [-0.1, -0.05) is 30.3 Å². The number of carbonyl (C=O) groups excluding carboxylic acids is 1. The van der Waals surface area contributed by atoms with E-state index in [0.717, 1.165) is 30.5 Å². The number of amides is 1. The highest BCUT2D eigenvalue weighted by molar-refractivity contribution is 5.93. The maximum absolute atomic E-state index is 12.6. The summed E-state index contributed by atoms with van der Waals surface area (Å²) in [5, 5.41) is 3.10. The Bertz CT molecular complexity index is 718. The highest BCUT2D eigenvalue weighted by atomic mass is 16.1. The molecule has 0 saturated carbocycles. The molecule has 0 bridgehead atoms. The smallest absolute Gasteiger partial charge is 0.227 e. The number of hydrogen-bond acceptors (Lipinski definition) is 1. The molecule has 2 nitrogen and oxygen atoms in total. The summed E-state index contributed by atoms with van der Waals surface area (Å²) in [5.41, 5.74) is 7.47. The van der Waals surface area contributed by atoms with E-state index in [9.17, 15) is 4.79 Å². The Kier molecular flexibility index (Phi) is 4.02. The summed E-state index contributed by atoms with van der Waals surface area (Å²) < 4.78 is 0. The van der Waals surface area contributed by atoms with Crippen LogP contribution in [0, 0.1) is 26.7 Å². The lowest BCUT2D eigenvalue weighted by molar-refractivity contribution is -0.120. The lowest BCUT2D eigenvalue weighted by atomic mass is 9.82. The number of carbonyl (C=O) groups is 1. The molecule has 0 saturated heterocycles. The van der Waals surface area contributed by atoms with Crippen molar-refractivity contribution in [3.63, 3.8) is 0 Å². The van der Waals surface area contributed by atoms with Gasteiger partial charge in [-0.05, 0) is 73.9 Å². The fraction of sp³-hybridized carbons (Fsp3) is 0.350. The van der Waals surface area contributed by atoms with Gasteiger partial charge in [0.15, 0.2) is 0 Å². The maximum Gasteiger partial charge on any atom is 0.227 e. The second-order valence-corrected chi connectivity index (χ2v) is 6.45. The molecule has 3 rings (SSSR count). The molecule has 22 heavy (non-hydrogen) atoms. The molecule has 0 heterocycles. The van der Waals surface area contributed by atoms with Crippen LogP contribution in [0.1, 0.15) is 34.2 Å². The summed E-state index contributed by atoms with van der Waals surface area (Å²) >= 11 is 0. The van der Waals surface area contributed by atoms with Gasteiger partial charge in [-0.2, -0.15) is 0 Å². The van der Waals surface area contributed by atoms with E-state index in [1.165, 1.54) is 22.3 Å². The third-order valence-electron chi connectivity index (χ3n) is 4.82. The largest absolute Gasteiger partial charge is 0.326 e. The number of para-hydroxylation sites is 1. The molecule has 2 aromatic carbocycles. The molecule has 1 N–H and O–H groups in total. The van der Waals surface area contributed by atoms with Gasteiger partial charge in [-0.3, -0.25) is 4.79 Å². The molecule has 0 radical (unpaired) electrons. The number of anilines is 1. The zero-order valence-electron chi connectivity index (χ0n) is 13.6. The Morgan fingerprint density at radius 3 is 2.41 bits per heavy atom. The van der Waals surface area contributed by atoms with Gasteiger partial charge >= 0.3 is 0 Å². The number of aryl methyl sites for hydroxylation is 4. The fourth-order valence-corrected chi connectivity index (χ4v) is 3.23. The zero-order valence-corrected chi connectivity index (χ0v) is 13.6. The van der Waals surface area contributed by atoms with Crippen LogP contribution in [0.2, 0.25) is 0 Å². The van der Waals surface area contributed by atoms with Crippen LogP contribution in [-0.2, 0) is 17.6 Å². The lowest BCUT2D eigenvalue weighted by Gasteiger charge is -2.25. The third kappa shape index (κ3) is 2.92. The van der Waals surface area contributed by atoms with Crippen LogP contribution >= 0.6 is 0 Å². The van der Waals surface area contributed by atoms with E-state index in [1.807, 2.05) is 31.2 Å². The van der Waals surface area contributed by atoms with Crippen LogP contribution in [-0.4, -0.2) is 5.91 Å². The van der Waals surface area contributed by atoms with Gasteiger partial charge in [0.05, 0.1) is 0 Å². The van der Waals surface area contributed by atoms with Crippen LogP contribution in [0.15, 0.2) is 36.4 Å². The van der Waals surface area contributed by atoms with Gasteiger partial charge in [0.2, 0.25) is 5.91 Å². The number of hydrogen-bond donors (Lipinski definition) is 1. The molecule has 2 heteroatoms. The van der Waals surface area contributed by atoms with Crippen LogP contribution in [0.25, 0.3) is 0 Å². The van der Waals surface area contributed by atoms with Crippen molar-refractivity contribution in [2.45, 2.75) is 40.0 Å². The molecule has 1 aliphatic rings. The molecule has 1 atom stereocenters. The minimum atomic E-state index is 0.0780. The van der Waals surface area contributed by atoms with Crippen molar-refractivity contribution in [3.8, 4) is 0 Å². The Labute approximate surface area is 132 Å². The topological polar surface area (TPSA) is 29.1 Å².